The third-order valence-corrected chi connectivity index (χ3v) is 3.37. The molecule has 0 saturated heterocycles. The summed E-state index contributed by atoms with van der Waals surface area (Å²) in [6, 6.07) is 6.47. The van der Waals surface area contributed by atoms with E-state index < -0.39 is 23.4 Å². The van der Waals surface area contributed by atoms with Crippen molar-refractivity contribution in [2.75, 3.05) is 5.32 Å². The number of hydrogen-bond donors (Lipinski definition) is 2. The second kappa shape index (κ2) is 7.26. The summed E-state index contributed by atoms with van der Waals surface area (Å²) in [5.74, 6) is -3.93. The minimum atomic E-state index is -1.60. The van der Waals surface area contributed by atoms with Gasteiger partial charge in [-0.3, -0.25) is 4.79 Å². The summed E-state index contributed by atoms with van der Waals surface area (Å²) < 4.78 is 45.2. The molecule has 0 aliphatic rings. The van der Waals surface area contributed by atoms with Crippen molar-refractivity contribution in [1.29, 1.82) is 0 Å². The van der Waals surface area contributed by atoms with Crippen LogP contribution in [0, 0.1) is 24.4 Å². The number of hydrogen-bond acceptors (Lipinski definition) is 5. The van der Waals surface area contributed by atoms with E-state index >= 15 is 0 Å². The van der Waals surface area contributed by atoms with Crippen molar-refractivity contribution < 1.29 is 22.4 Å². The molecule has 0 radical (unpaired) electrons. The second-order valence-electron chi connectivity index (χ2n) is 5.30. The van der Waals surface area contributed by atoms with E-state index in [1.54, 1.807) is 12.1 Å². The summed E-state index contributed by atoms with van der Waals surface area (Å²) >= 11 is 0. The van der Waals surface area contributed by atoms with Crippen LogP contribution in [-0.2, 0) is 6.54 Å². The molecule has 2 N–H and O–H groups in total. The number of benzene rings is 1. The van der Waals surface area contributed by atoms with Crippen LogP contribution in [0.1, 0.15) is 22.1 Å². The summed E-state index contributed by atoms with van der Waals surface area (Å²) in [6.07, 6.45) is 1.48. The fourth-order valence-corrected chi connectivity index (χ4v) is 2.18. The molecule has 3 aromatic rings. The molecule has 134 valence electrons. The molecule has 0 bridgehead atoms. The van der Waals surface area contributed by atoms with Crippen molar-refractivity contribution in [3.8, 4) is 0 Å². The maximum absolute atomic E-state index is 13.8. The van der Waals surface area contributed by atoms with Crippen molar-refractivity contribution in [3.05, 3.63) is 71.3 Å². The zero-order valence-electron chi connectivity index (χ0n) is 13.5. The molecule has 0 atom stereocenters. The van der Waals surface area contributed by atoms with E-state index in [1.807, 2.05) is 0 Å². The van der Waals surface area contributed by atoms with Gasteiger partial charge < -0.3 is 15.1 Å². The number of nitrogens with one attached hydrogen (secondary N) is 2. The van der Waals surface area contributed by atoms with Gasteiger partial charge in [0.05, 0.1) is 18.5 Å². The third kappa shape index (κ3) is 3.82. The molecule has 1 aromatic carbocycles. The minimum Gasteiger partial charge on any atom is -0.467 e. The van der Waals surface area contributed by atoms with E-state index in [0.29, 0.717) is 5.76 Å². The Labute approximate surface area is 146 Å². The number of carbonyl (C=O) groups excluding carboxylic acids is 1. The lowest BCUT2D eigenvalue weighted by molar-refractivity contribution is 0.0942. The maximum Gasteiger partial charge on any atom is 0.270 e. The third-order valence-electron chi connectivity index (χ3n) is 3.37. The van der Waals surface area contributed by atoms with E-state index in [2.05, 4.69) is 20.6 Å². The number of aromatic nitrogens is 2. The molecule has 0 spiro atoms. The molecule has 26 heavy (non-hydrogen) atoms. The van der Waals surface area contributed by atoms with Gasteiger partial charge in [-0.2, -0.15) is 0 Å². The second-order valence-corrected chi connectivity index (χ2v) is 5.30. The minimum absolute atomic E-state index is 0.0227. The van der Waals surface area contributed by atoms with Gasteiger partial charge in [-0.05, 0) is 31.2 Å². The van der Waals surface area contributed by atoms with E-state index in [-0.39, 0.29) is 29.6 Å². The Balaban J connectivity index is 1.79. The Kier molecular flexibility index (Phi) is 4.87. The molecule has 0 fully saturated rings. The van der Waals surface area contributed by atoms with Gasteiger partial charge >= 0.3 is 0 Å². The van der Waals surface area contributed by atoms with Crippen molar-refractivity contribution in [1.82, 2.24) is 15.3 Å². The molecule has 9 heteroatoms. The number of amides is 1. The van der Waals surface area contributed by atoms with Crippen LogP contribution in [0.2, 0.25) is 0 Å². The number of carbonyl (C=O) groups is 1. The molecule has 1 amide bonds. The fraction of sp³-hybridized carbons (Fsp3) is 0.118. The fourth-order valence-electron chi connectivity index (χ4n) is 2.18. The molecule has 0 unspecified atom stereocenters. The first-order valence-corrected chi connectivity index (χ1v) is 7.51. The standard InChI is InChI=1S/C17H13F3N4O2/c1-9-22-13(17(25)21-8-10-3-2-6-26-10)7-14(23-9)24-12-5-4-11(18)15(19)16(12)20/h2-7H,8H2,1H3,(H,21,25)(H,22,23,24). The van der Waals surface area contributed by atoms with Crippen LogP contribution in [0.4, 0.5) is 24.7 Å². The summed E-state index contributed by atoms with van der Waals surface area (Å²) in [7, 11) is 0. The molecule has 0 aliphatic carbocycles. The largest absolute Gasteiger partial charge is 0.467 e. The molecule has 2 heterocycles. The highest BCUT2D eigenvalue weighted by atomic mass is 19.2. The van der Waals surface area contributed by atoms with Gasteiger partial charge in [-0.25, -0.2) is 23.1 Å². The molecule has 3 rings (SSSR count). The molecular weight excluding hydrogens is 349 g/mol. The average molecular weight is 362 g/mol. The molecular formula is C17H13F3N4O2. The molecule has 0 saturated carbocycles. The lowest BCUT2D eigenvalue weighted by atomic mass is 10.2. The van der Waals surface area contributed by atoms with Gasteiger partial charge in [0.2, 0.25) is 0 Å². The van der Waals surface area contributed by atoms with E-state index in [4.69, 9.17) is 4.42 Å². The summed E-state index contributed by atoms with van der Waals surface area (Å²) in [5.41, 5.74) is -0.293. The Morgan fingerprint density at radius 3 is 2.69 bits per heavy atom. The van der Waals surface area contributed by atoms with Crippen LogP contribution in [0.25, 0.3) is 0 Å². The van der Waals surface area contributed by atoms with Crippen molar-refractivity contribution in [2.45, 2.75) is 13.5 Å². The Bertz CT molecular complexity index is 945. The lowest BCUT2D eigenvalue weighted by Gasteiger charge is -2.10. The monoisotopic (exact) mass is 362 g/mol. The van der Waals surface area contributed by atoms with Gasteiger partial charge in [0, 0.05) is 6.07 Å². The first-order chi connectivity index (χ1) is 12.4. The molecule has 0 aliphatic heterocycles. The number of anilines is 2. The van der Waals surface area contributed by atoms with Gasteiger partial charge in [0.15, 0.2) is 17.5 Å². The van der Waals surface area contributed by atoms with Crippen molar-refractivity contribution in [3.63, 3.8) is 0 Å². The predicted molar refractivity (Wildman–Crippen MR) is 86.2 cm³/mol. The highest BCUT2D eigenvalue weighted by Gasteiger charge is 2.16. The van der Waals surface area contributed by atoms with Gasteiger partial charge in [0.1, 0.15) is 23.1 Å². The Morgan fingerprint density at radius 2 is 1.96 bits per heavy atom. The van der Waals surface area contributed by atoms with Crippen LogP contribution >= 0.6 is 0 Å². The van der Waals surface area contributed by atoms with Crippen LogP contribution in [0.5, 0.6) is 0 Å². The van der Waals surface area contributed by atoms with E-state index in [1.165, 1.54) is 19.3 Å². The number of nitrogens with zero attached hydrogens (tertiary/aromatic N) is 2. The normalized spacial score (nSPS) is 10.6. The lowest BCUT2D eigenvalue weighted by Crippen LogP contribution is -2.24. The maximum atomic E-state index is 13.8. The quantitative estimate of drug-likeness (QED) is 0.680. The number of halogens is 3. The van der Waals surface area contributed by atoms with Crippen molar-refractivity contribution >= 4 is 17.4 Å². The Hall–Kier alpha value is -3.36. The number of aryl methyl sites for hydroxylation is 1. The first kappa shape index (κ1) is 17.5. The topological polar surface area (TPSA) is 80.0 Å². The molecule has 2 aromatic heterocycles. The number of furan rings is 1. The SMILES string of the molecule is Cc1nc(Nc2ccc(F)c(F)c2F)cc(C(=O)NCc2ccco2)n1. The summed E-state index contributed by atoms with van der Waals surface area (Å²) in [5, 5.41) is 5.13. The zero-order chi connectivity index (χ0) is 18.7. The average Bonchev–Trinajstić information content (AvgIpc) is 3.13. The van der Waals surface area contributed by atoms with Crippen LogP contribution in [0.15, 0.2) is 41.0 Å². The van der Waals surface area contributed by atoms with Crippen LogP contribution in [-0.4, -0.2) is 15.9 Å². The van der Waals surface area contributed by atoms with E-state index in [0.717, 1.165) is 12.1 Å². The smallest absolute Gasteiger partial charge is 0.270 e. The van der Waals surface area contributed by atoms with Gasteiger partial charge in [-0.15, -0.1) is 0 Å². The predicted octanol–water partition coefficient (Wildman–Crippen LogP) is 3.47. The first-order valence-electron chi connectivity index (χ1n) is 7.51. The van der Waals surface area contributed by atoms with Gasteiger partial charge in [-0.1, -0.05) is 0 Å². The van der Waals surface area contributed by atoms with E-state index in [9.17, 15) is 18.0 Å². The van der Waals surface area contributed by atoms with Crippen molar-refractivity contribution in [2.24, 2.45) is 0 Å². The molecule has 6 nitrogen and oxygen atoms in total. The van der Waals surface area contributed by atoms with Crippen LogP contribution < -0.4 is 10.6 Å². The van der Waals surface area contributed by atoms with Gasteiger partial charge in [0.25, 0.3) is 5.91 Å². The van der Waals surface area contributed by atoms with Crippen LogP contribution in [0.3, 0.4) is 0 Å². The number of rotatable bonds is 5. The highest BCUT2D eigenvalue weighted by molar-refractivity contribution is 5.93. The highest BCUT2D eigenvalue weighted by Crippen LogP contribution is 2.23. The Morgan fingerprint density at radius 1 is 1.15 bits per heavy atom. The zero-order valence-corrected chi connectivity index (χ0v) is 13.5. The summed E-state index contributed by atoms with van der Waals surface area (Å²) in [6.45, 7) is 1.70. The summed E-state index contributed by atoms with van der Waals surface area (Å²) in [4.78, 5) is 20.2.